The summed E-state index contributed by atoms with van der Waals surface area (Å²) >= 11 is 0. The highest BCUT2D eigenvalue weighted by Crippen LogP contribution is 2.42. The number of hydrogen-bond donors (Lipinski definition) is 2. The molecule has 0 bridgehead atoms. The first-order chi connectivity index (χ1) is 16.8. The van der Waals surface area contributed by atoms with Crippen LogP contribution in [-0.2, 0) is 26.3 Å². The zero-order valence-corrected chi connectivity index (χ0v) is 20.8. The lowest BCUT2D eigenvalue weighted by atomic mass is 9.74. The van der Waals surface area contributed by atoms with Gasteiger partial charge in [0.1, 0.15) is 0 Å². The molecule has 8 nitrogen and oxygen atoms in total. The number of nitrogens with one attached hydrogen (secondary N) is 2. The van der Waals surface area contributed by atoms with Crippen molar-refractivity contribution in [2.45, 2.75) is 70.0 Å². The Labute approximate surface area is 207 Å². The van der Waals surface area contributed by atoms with E-state index in [4.69, 9.17) is 0 Å². The predicted octanol–water partition coefficient (Wildman–Crippen LogP) is 2.47. The van der Waals surface area contributed by atoms with Gasteiger partial charge in [-0.05, 0) is 48.6 Å². The number of aryl methyl sites for hydroxylation is 1. The fraction of sp³-hybridized carbons (Fsp3) is 0.481. The Morgan fingerprint density at radius 2 is 1.86 bits per heavy atom. The van der Waals surface area contributed by atoms with Crippen LogP contribution in [0.2, 0.25) is 0 Å². The Balaban J connectivity index is 1.56. The molecule has 0 radical (unpaired) electrons. The summed E-state index contributed by atoms with van der Waals surface area (Å²) < 4.78 is 0. The molecule has 35 heavy (non-hydrogen) atoms. The summed E-state index contributed by atoms with van der Waals surface area (Å²) in [6, 6.07) is 11.7. The van der Waals surface area contributed by atoms with Gasteiger partial charge in [0.15, 0.2) is 0 Å². The molecule has 2 aliphatic heterocycles. The lowest BCUT2D eigenvalue weighted by Gasteiger charge is -2.31. The van der Waals surface area contributed by atoms with Crippen LogP contribution in [0.4, 0.5) is 0 Å². The van der Waals surface area contributed by atoms with Gasteiger partial charge in [-0.15, -0.1) is 0 Å². The minimum atomic E-state index is -1.20. The van der Waals surface area contributed by atoms with E-state index in [1.807, 2.05) is 31.2 Å². The van der Waals surface area contributed by atoms with E-state index in [1.165, 1.54) is 4.90 Å². The number of hydrazine groups is 1. The molecule has 2 aromatic rings. The maximum Gasteiger partial charge on any atom is 0.241 e. The molecule has 3 amide bonds. The van der Waals surface area contributed by atoms with E-state index >= 15 is 0 Å². The van der Waals surface area contributed by atoms with Gasteiger partial charge in [0.05, 0.1) is 12.0 Å². The second-order valence-corrected chi connectivity index (χ2v) is 9.87. The van der Waals surface area contributed by atoms with Gasteiger partial charge in [-0.2, -0.15) is 0 Å². The summed E-state index contributed by atoms with van der Waals surface area (Å²) in [5.41, 5.74) is 7.88. The Bertz CT molecular complexity index is 1080. The molecule has 3 unspecified atom stereocenters. The Hall–Kier alpha value is -3.10. The van der Waals surface area contributed by atoms with E-state index in [9.17, 15) is 14.4 Å². The maximum absolute atomic E-state index is 13.9. The molecule has 0 aliphatic carbocycles. The van der Waals surface area contributed by atoms with Crippen molar-refractivity contribution in [1.29, 1.82) is 0 Å². The molecule has 0 spiro atoms. The summed E-state index contributed by atoms with van der Waals surface area (Å²) in [7, 11) is 1.78. The molecule has 1 aromatic heterocycles. The van der Waals surface area contributed by atoms with E-state index in [1.54, 1.807) is 36.5 Å². The minimum Gasteiger partial charge on any atom is -0.344 e. The smallest absolute Gasteiger partial charge is 0.241 e. The molecule has 4 rings (SSSR count). The molecule has 0 saturated carbocycles. The number of carbonyl (C=O) groups is 3. The lowest BCUT2D eigenvalue weighted by Crippen LogP contribution is -2.46. The number of hydrogen-bond acceptors (Lipinski definition) is 6. The van der Waals surface area contributed by atoms with Gasteiger partial charge in [0.25, 0.3) is 0 Å². The number of amides is 3. The highest BCUT2D eigenvalue weighted by molar-refractivity contribution is 6.10. The monoisotopic (exact) mass is 477 g/mol. The van der Waals surface area contributed by atoms with E-state index < -0.39 is 5.41 Å². The third-order valence-corrected chi connectivity index (χ3v) is 7.23. The average molecular weight is 478 g/mol. The third-order valence-electron chi connectivity index (χ3n) is 7.23. The van der Waals surface area contributed by atoms with E-state index in [-0.39, 0.29) is 43.1 Å². The van der Waals surface area contributed by atoms with Crippen molar-refractivity contribution in [2.24, 2.45) is 0 Å². The molecule has 8 heteroatoms. The normalized spacial score (nSPS) is 24.3. The van der Waals surface area contributed by atoms with Crippen LogP contribution in [0.15, 0.2) is 48.8 Å². The van der Waals surface area contributed by atoms with E-state index in [0.29, 0.717) is 12.6 Å². The minimum absolute atomic E-state index is 0.0108. The van der Waals surface area contributed by atoms with Gasteiger partial charge in [-0.1, -0.05) is 37.6 Å². The number of pyridine rings is 1. The largest absolute Gasteiger partial charge is 0.344 e. The molecule has 2 fully saturated rings. The molecular formula is C27H35N5O3. The first-order valence-electron chi connectivity index (χ1n) is 12.4. The fourth-order valence-electron chi connectivity index (χ4n) is 5.37. The number of aromatic nitrogens is 1. The van der Waals surface area contributed by atoms with Gasteiger partial charge >= 0.3 is 0 Å². The molecule has 2 N–H and O–H groups in total. The van der Waals surface area contributed by atoms with Crippen molar-refractivity contribution >= 4 is 17.7 Å². The third kappa shape index (κ3) is 5.28. The van der Waals surface area contributed by atoms with Crippen LogP contribution < -0.4 is 10.9 Å². The average Bonchev–Trinajstić information content (AvgIpc) is 3.38. The van der Waals surface area contributed by atoms with Gasteiger partial charge in [-0.25, -0.2) is 0 Å². The van der Waals surface area contributed by atoms with Crippen molar-refractivity contribution in [1.82, 2.24) is 25.6 Å². The van der Waals surface area contributed by atoms with Crippen LogP contribution in [-0.4, -0.2) is 58.2 Å². The second kappa shape index (κ2) is 10.7. The first-order valence-corrected chi connectivity index (χ1v) is 12.4. The topological polar surface area (TPSA) is 94.6 Å². The number of nitrogens with zero attached hydrogens (tertiary/aromatic N) is 3. The van der Waals surface area contributed by atoms with Crippen molar-refractivity contribution in [2.75, 3.05) is 13.6 Å². The Morgan fingerprint density at radius 1 is 1.14 bits per heavy atom. The molecule has 2 saturated heterocycles. The van der Waals surface area contributed by atoms with Crippen molar-refractivity contribution in [3.63, 3.8) is 0 Å². The summed E-state index contributed by atoms with van der Waals surface area (Å²) in [6.45, 7) is 4.80. The summed E-state index contributed by atoms with van der Waals surface area (Å²) in [4.78, 5) is 47.6. The van der Waals surface area contributed by atoms with Gasteiger partial charge in [0, 0.05) is 50.9 Å². The molecule has 1 aromatic carbocycles. The quantitative estimate of drug-likeness (QED) is 0.539. The number of likely N-dealkylation sites (tertiary alicyclic amines) is 1. The molecule has 186 valence electrons. The highest BCUT2D eigenvalue weighted by Gasteiger charge is 2.54. The van der Waals surface area contributed by atoms with Crippen LogP contribution in [0.25, 0.3) is 0 Å². The zero-order chi connectivity index (χ0) is 25.0. The van der Waals surface area contributed by atoms with Crippen molar-refractivity contribution in [3.8, 4) is 0 Å². The predicted molar refractivity (Wildman–Crippen MR) is 133 cm³/mol. The van der Waals surface area contributed by atoms with Crippen LogP contribution in [0.3, 0.4) is 0 Å². The lowest BCUT2D eigenvalue weighted by molar-refractivity contribution is -0.143. The highest BCUT2D eigenvalue weighted by atomic mass is 16.2. The van der Waals surface area contributed by atoms with Crippen LogP contribution in [0.5, 0.6) is 0 Å². The molecule has 3 atom stereocenters. The number of carbonyl (C=O) groups excluding carboxylic acids is 3. The molecule has 3 heterocycles. The fourth-order valence-corrected chi connectivity index (χ4v) is 5.37. The Kier molecular flexibility index (Phi) is 7.62. The van der Waals surface area contributed by atoms with Crippen LogP contribution in [0, 0.1) is 6.92 Å². The van der Waals surface area contributed by atoms with Crippen molar-refractivity contribution in [3.05, 3.63) is 65.5 Å². The summed E-state index contributed by atoms with van der Waals surface area (Å²) in [5, 5.41) is 0. The summed E-state index contributed by atoms with van der Waals surface area (Å²) in [6.07, 6.45) is 6.38. The number of rotatable bonds is 9. The van der Waals surface area contributed by atoms with Gasteiger partial charge in [-0.3, -0.25) is 35.1 Å². The zero-order valence-electron chi connectivity index (χ0n) is 20.8. The molecule has 2 aliphatic rings. The van der Waals surface area contributed by atoms with Crippen molar-refractivity contribution < 1.29 is 14.4 Å². The van der Waals surface area contributed by atoms with Crippen LogP contribution in [0.1, 0.15) is 55.7 Å². The standard InChI is InChI=1S/C27H35N5O3/c1-4-7-21-14-22(30-29-21)18-31(3)24(33)15-27(23-9-6-5-8-19(23)2)16-25(34)32(26(27)35)17-20-10-12-28-13-11-20/h5-6,8-13,21-22,29-30H,4,7,14-18H2,1-3H3. The number of imide groups is 1. The van der Waals surface area contributed by atoms with Gasteiger partial charge < -0.3 is 4.90 Å². The SMILES string of the molecule is CCCC1CC(CN(C)C(=O)CC2(c3ccccc3C)CC(=O)N(Cc3ccncc3)C2=O)NN1. The number of benzene rings is 1. The second-order valence-electron chi connectivity index (χ2n) is 9.87. The summed E-state index contributed by atoms with van der Waals surface area (Å²) in [5.74, 6) is -0.700. The van der Waals surface area contributed by atoms with E-state index in [0.717, 1.165) is 36.0 Å². The molecular weight excluding hydrogens is 442 g/mol. The van der Waals surface area contributed by atoms with Crippen LogP contribution >= 0.6 is 0 Å². The number of likely N-dealkylation sites (N-methyl/N-ethyl adjacent to an activating group) is 1. The maximum atomic E-state index is 13.9. The van der Waals surface area contributed by atoms with E-state index in [2.05, 4.69) is 22.8 Å². The first kappa shape index (κ1) is 25.0. The Morgan fingerprint density at radius 3 is 2.57 bits per heavy atom. The van der Waals surface area contributed by atoms with Gasteiger partial charge in [0.2, 0.25) is 17.7 Å².